The molecule has 5 nitrogen and oxygen atoms in total. The van der Waals surface area contributed by atoms with E-state index in [9.17, 15) is 9.59 Å². The van der Waals surface area contributed by atoms with Crippen molar-refractivity contribution in [3.05, 3.63) is 16.1 Å². The lowest BCUT2D eigenvalue weighted by molar-refractivity contribution is 0.0691. The number of carboxylic acid groups (broad SMARTS) is 1. The van der Waals surface area contributed by atoms with E-state index in [-0.39, 0.29) is 16.6 Å². The van der Waals surface area contributed by atoms with E-state index in [0.717, 1.165) is 23.7 Å². The monoisotopic (exact) mass is 296 g/mol. The van der Waals surface area contributed by atoms with Crippen LogP contribution in [0.25, 0.3) is 0 Å². The molecule has 0 aromatic carbocycles. The van der Waals surface area contributed by atoms with Gasteiger partial charge >= 0.3 is 5.97 Å². The highest BCUT2D eigenvalue weighted by atomic mass is 32.1. The zero-order chi connectivity index (χ0) is 14.5. The quantitative estimate of drug-likeness (QED) is 0.875. The molecular weight excluding hydrogens is 276 g/mol. The van der Waals surface area contributed by atoms with E-state index < -0.39 is 5.97 Å². The highest BCUT2D eigenvalue weighted by Crippen LogP contribution is 2.30. The van der Waals surface area contributed by atoms with E-state index in [1.807, 2.05) is 0 Å². The maximum Gasteiger partial charge on any atom is 0.355 e. The molecule has 0 saturated heterocycles. The minimum atomic E-state index is -1.10. The Balaban J connectivity index is 1.75. The van der Waals surface area contributed by atoms with Gasteiger partial charge < -0.3 is 10.4 Å². The number of rotatable bonds is 5. The van der Waals surface area contributed by atoms with Crippen molar-refractivity contribution in [2.75, 3.05) is 6.54 Å². The lowest BCUT2D eigenvalue weighted by Gasteiger charge is -2.26. The third-order valence-electron chi connectivity index (χ3n) is 3.80. The molecule has 2 atom stereocenters. The number of amides is 1. The summed E-state index contributed by atoms with van der Waals surface area (Å²) in [6.45, 7) is 2.92. The smallest absolute Gasteiger partial charge is 0.355 e. The molecule has 1 heterocycles. The summed E-state index contributed by atoms with van der Waals surface area (Å²) in [5.41, 5.74) is -0.0683. The highest BCUT2D eigenvalue weighted by Gasteiger charge is 2.19. The van der Waals surface area contributed by atoms with Gasteiger partial charge in [-0.2, -0.15) is 0 Å². The van der Waals surface area contributed by atoms with Crippen LogP contribution >= 0.6 is 11.3 Å². The van der Waals surface area contributed by atoms with Gasteiger partial charge in [-0.15, -0.1) is 11.3 Å². The van der Waals surface area contributed by atoms with Gasteiger partial charge in [0.25, 0.3) is 5.91 Å². The zero-order valence-electron chi connectivity index (χ0n) is 11.6. The Bertz CT molecular complexity index is 487. The third-order valence-corrected chi connectivity index (χ3v) is 4.64. The van der Waals surface area contributed by atoms with E-state index in [0.29, 0.717) is 12.5 Å². The van der Waals surface area contributed by atoms with Crippen molar-refractivity contribution in [2.45, 2.75) is 39.0 Å². The Hall–Kier alpha value is -1.43. The van der Waals surface area contributed by atoms with Gasteiger partial charge in [-0.05, 0) is 24.7 Å². The highest BCUT2D eigenvalue weighted by molar-refractivity contribution is 7.11. The molecular formula is C14H20N2O3S. The Kier molecular flexibility index (Phi) is 5.11. The molecule has 1 aromatic rings. The molecule has 20 heavy (non-hydrogen) atoms. The predicted octanol–water partition coefficient (Wildman–Crippen LogP) is 2.79. The first kappa shape index (κ1) is 15.0. The normalized spacial score (nSPS) is 22.4. The average Bonchev–Trinajstić information content (AvgIpc) is 2.88. The third kappa shape index (κ3) is 4.03. The van der Waals surface area contributed by atoms with E-state index in [2.05, 4.69) is 17.2 Å². The fourth-order valence-electron chi connectivity index (χ4n) is 2.76. The molecule has 110 valence electrons. The molecule has 2 N–H and O–H groups in total. The van der Waals surface area contributed by atoms with Crippen molar-refractivity contribution >= 4 is 23.2 Å². The molecule has 6 heteroatoms. The van der Waals surface area contributed by atoms with Crippen LogP contribution in [0.5, 0.6) is 0 Å². The van der Waals surface area contributed by atoms with Crippen LogP contribution in [-0.2, 0) is 0 Å². The summed E-state index contributed by atoms with van der Waals surface area (Å²) >= 11 is 1.07. The SMILES string of the molecule is CC1CCCC(CCNC(=O)c2nc(C(=O)O)cs2)C1. The van der Waals surface area contributed by atoms with Crippen molar-refractivity contribution < 1.29 is 14.7 Å². The van der Waals surface area contributed by atoms with E-state index in [4.69, 9.17) is 5.11 Å². The van der Waals surface area contributed by atoms with Crippen LogP contribution < -0.4 is 5.32 Å². The minimum Gasteiger partial charge on any atom is -0.476 e. The number of carbonyl (C=O) groups excluding carboxylic acids is 1. The van der Waals surface area contributed by atoms with Crippen molar-refractivity contribution in [1.29, 1.82) is 0 Å². The van der Waals surface area contributed by atoms with Gasteiger partial charge in [-0.1, -0.05) is 26.2 Å². The van der Waals surface area contributed by atoms with Crippen LogP contribution in [0.2, 0.25) is 0 Å². The van der Waals surface area contributed by atoms with Gasteiger partial charge in [0.15, 0.2) is 10.7 Å². The molecule has 0 spiro atoms. The molecule has 0 radical (unpaired) electrons. The standard InChI is InChI=1S/C14H20N2O3S/c1-9-3-2-4-10(7-9)5-6-15-12(17)13-16-11(8-20-13)14(18)19/h8-10H,2-7H2,1H3,(H,15,17)(H,18,19). The molecule has 1 fully saturated rings. The summed E-state index contributed by atoms with van der Waals surface area (Å²) in [5, 5.41) is 13.2. The number of carbonyl (C=O) groups is 2. The maximum absolute atomic E-state index is 11.8. The van der Waals surface area contributed by atoms with Crippen molar-refractivity contribution in [2.24, 2.45) is 11.8 Å². The molecule has 1 aliphatic rings. The van der Waals surface area contributed by atoms with Crippen molar-refractivity contribution in [1.82, 2.24) is 10.3 Å². The fourth-order valence-corrected chi connectivity index (χ4v) is 3.47. The van der Waals surface area contributed by atoms with E-state index >= 15 is 0 Å². The van der Waals surface area contributed by atoms with Crippen molar-refractivity contribution in [3.8, 4) is 0 Å². The molecule has 1 saturated carbocycles. The van der Waals surface area contributed by atoms with E-state index in [1.54, 1.807) is 0 Å². The molecule has 2 unspecified atom stereocenters. The molecule has 0 aliphatic heterocycles. The molecule has 1 amide bonds. The van der Waals surface area contributed by atoms with Crippen molar-refractivity contribution in [3.63, 3.8) is 0 Å². The number of nitrogens with zero attached hydrogens (tertiary/aromatic N) is 1. The number of aromatic nitrogens is 1. The number of hydrogen-bond acceptors (Lipinski definition) is 4. The lowest BCUT2D eigenvalue weighted by Crippen LogP contribution is -2.27. The van der Waals surface area contributed by atoms with Gasteiger partial charge in [0.05, 0.1) is 0 Å². The summed E-state index contributed by atoms with van der Waals surface area (Å²) in [6.07, 6.45) is 6.10. The van der Waals surface area contributed by atoms with Crippen LogP contribution in [0, 0.1) is 11.8 Å². The minimum absolute atomic E-state index is 0.0683. The van der Waals surface area contributed by atoms with Crippen LogP contribution in [0.3, 0.4) is 0 Å². The number of carboxylic acids is 1. The second kappa shape index (κ2) is 6.83. The number of aromatic carboxylic acids is 1. The zero-order valence-corrected chi connectivity index (χ0v) is 12.4. The lowest BCUT2D eigenvalue weighted by atomic mass is 9.81. The largest absolute Gasteiger partial charge is 0.476 e. The first-order valence-corrected chi connectivity index (χ1v) is 7.91. The first-order chi connectivity index (χ1) is 9.56. The maximum atomic E-state index is 11.8. The van der Waals surface area contributed by atoms with Gasteiger partial charge in [0, 0.05) is 11.9 Å². The predicted molar refractivity (Wildman–Crippen MR) is 77.1 cm³/mol. The first-order valence-electron chi connectivity index (χ1n) is 7.03. The number of nitrogens with one attached hydrogen (secondary N) is 1. The summed E-state index contributed by atoms with van der Waals surface area (Å²) in [6, 6.07) is 0. The Morgan fingerprint density at radius 1 is 1.50 bits per heavy atom. The van der Waals surface area contributed by atoms with Crippen LogP contribution in [0.15, 0.2) is 5.38 Å². The van der Waals surface area contributed by atoms with Crippen LogP contribution in [0.1, 0.15) is 59.3 Å². The van der Waals surface area contributed by atoms with Gasteiger partial charge in [0.2, 0.25) is 0 Å². The summed E-state index contributed by atoms with van der Waals surface area (Å²) in [7, 11) is 0. The number of hydrogen-bond donors (Lipinski definition) is 2. The second-order valence-electron chi connectivity index (χ2n) is 5.53. The Morgan fingerprint density at radius 3 is 2.95 bits per heavy atom. The average molecular weight is 296 g/mol. The topological polar surface area (TPSA) is 79.3 Å². The second-order valence-corrected chi connectivity index (χ2v) is 6.38. The molecule has 2 rings (SSSR count). The van der Waals surface area contributed by atoms with Gasteiger partial charge in [-0.25, -0.2) is 9.78 Å². The fraction of sp³-hybridized carbons (Fsp3) is 0.643. The molecule has 1 aliphatic carbocycles. The van der Waals surface area contributed by atoms with Crippen LogP contribution in [-0.4, -0.2) is 28.5 Å². The Labute approximate surface area is 122 Å². The summed E-state index contributed by atoms with van der Waals surface area (Å²) in [5.74, 6) is 0.120. The molecule has 1 aromatic heterocycles. The summed E-state index contributed by atoms with van der Waals surface area (Å²) < 4.78 is 0. The molecule has 0 bridgehead atoms. The van der Waals surface area contributed by atoms with Gasteiger partial charge in [0.1, 0.15) is 0 Å². The van der Waals surface area contributed by atoms with Gasteiger partial charge in [-0.3, -0.25) is 4.79 Å². The summed E-state index contributed by atoms with van der Waals surface area (Å²) in [4.78, 5) is 26.3. The Morgan fingerprint density at radius 2 is 2.30 bits per heavy atom. The van der Waals surface area contributed by atoms with E-state index in [1.165, 1.54) is 31.1 Å². The van der Waals surface area contributed by atoms with Crippen LogP contribution in [0.4, 0.5) is 0 Å². The number of thiazole rings is 1.